The fourth-order valence-electron chi connectivity index (χ4n) is 2.26. The van der Waals surface area contributed by atoms with Crippen LogP contribution in [0.25, 0.3) is 11.1 Å². The summed E-state index contributed by atoms with van der Waals surface area (Å²) in [6.07, 6.45) is 0. The van der Waals surface area contributed by atoms with E-state index in [4.69, 9.17) is 4.42 Å². The van der Waals surface area contributed by atoms with E-state index in [2.05, 4.69) is 4.98 Å². The zero-order valence-corrected chi connectivity index (χ0v) is 15.6. The molecule has 0 fully saturated rings. The molecule has 1 atom stereocenters. The molecule has 3 rings (SSSR count). The molecule has 25 heavy (non-hydrogen) atoms. The lowest BCUT2D eigenvalue weighted by Gasteiger charge is -2.10. The molecule has 1 unspecified atom stereocenters. The highest BCUT2D eigenvalue weighted by Gasteiger charge is 2.19. The van der Waals surface area contributed by atoms with E-state index in [-0.39, 0.29) is 16.0 Å². The van der Waals surface area contributed by atoms with Gasteiger partial charge in [0, 0.05) is 19.3 Å². The van der Waals surface area contributed by atoms with E-state index in [9.17, 15) is 12.8 Å². The predicted octanol–water partition coefficient (Wildman–Crippen LogP) is 4.07. The van der Waals surface area contributed by atoms with E-state index in [1.807, 2.05) is 6.92 Å². The number of hydrogen-bond acceptors (Lipinski definition) is 5. The number of thioether (sulfide) groups is 1. The Morgan fingerprint density at radius 3 is 2.48 bits per heavy atom. The molecule has 1 heterocycles. The van der Waals surface area contributed by atoms with Crippen LogP contribution in [0.2, 0.25) is 0 Å². The standard InChI is InChI=1S/C17H17FN2O3S2/c1-11(12-4-6-13(18)7-5-12)24-17-19-15-10-14(8-9-16(15)23-17)25(21,22)20(2)3/h4-11H,1-3H3. The van der Waals surface area contributed by atoms with Crippen molar-refractivity contribution in [2.45, 2.75) is 22.3 Å². The topological polar surface area (TPSA) is 63.4 Å². The monoisotopic (exact) mass is 380 g/mol. The molecule has 0 radical (unpaired) electrons. The van der Waals surface area contributed by atoms with Crippen LogP contribution in [0.1, 0.15) is 17.7 Å². The summed E-state index contributed by atoms with van der Waals surface area (Å²) < 4.78 is 44.3. The zero-order valence-electron chi connectivity index (χ0n) is 13.9. The van der Waals surface area contributed by atoms with Crippen LogP contribution in [0, 0.1) is 5.82 Å². The van der Waals surface area contributed by atoms with Crippen molar-refractivity contribution in [3.05, 3.63) is 53.8 Å². The maximum absolute atomic E-state index is 13.0. The highest BCUT2D eigenvalue weighted by atomic mass is 32.2. The summed E-state index contributed by atoms with van der Waals surface area (Å²) in [7, 11) is -0.560. The molecular weight excluding hydrogens is 363 g/mol. The third-order valence-electron chi connectivity index (χ3n) is 3.74. The Hall–Kier alpha value is -1.90. The summed E-state index contributed by atoms with van der Waals surface area (Å²) in [6, 6.07) is 10.9. The number of sulfonamides is 1. The molecule has 0 bridgehead atoms. The van der Waals surface area contributed by atoms with Crippen molar-refractivity contribution in [3.63, 3.8) is 0 Å². The van der Waals surface area contributed by atoms with Crippen molar-refractivity contribution in [2.75, 3.05) is 14.1 Å². The average Bonchev–Trinajstić information content (AvgIpc) is 2.96. The van der Waals surface area contributed by atoms with Gasteiger partial charge in [0.1, 0.15) is 11.3 Å². The summed E-state index contributed by atoms with van der Waals surface area (Å²) in [6.45, 7) is 1.97. The van der Waals surface area contributed by atoms with E-state index in [0.29, 0.717) is 16.3 Å². The quantitative estimate of drug-likeness (QED) is 0.624. The van der Waals surface area contributed by atoms with Crippen LogP contribution >= 0.6 is 11.8 Å². The third-order valence-corrected chi connectivity index (χ3v) is 6.55. The van der Waals surface area contributed by atoms with Crippen LogP contribution in [0.5, 0.6) is 0 Å². The smallest absolute Gasteiger partial charge is 0.257 e. The fourth-order valence-corrected chi connectivity index (χ4v) is 4.07. The van der Waals surface area contributed by atoms with Gasteiger partial charge in [-0.1, -0.05) is 23.9 Å². The normalized spacial score (nSPS) is 13.5. The second kappa shape index (κ2) is 6.78. The van der Waals surface area contributed by atoms with Crippen molar-refractivity contribution >= 4 is 32.9 Å². The van der Waals surface area contributed by atoms with E-state index >= 15 is 0 Å². The van der Waals surface area contributed by atoms with E-state index in [1.54, 1.807) is 18.2 Å². The number of benzene rings is 2. The van der Waals surface area contributed by atoms with E-state index < -0.39 is 10.0 Å². The Balaban J connectivity index is 1.87. The van der Waals surface area contributed by atoms with Gasteiger partial charge in [-0.15, -0.1) is 0 Å². The van der Waals surface area contributed by atoms with Gasteiger partial charge >= 0.3 is 0 Å². The molecule has 132 valence electrons. The number of hydrogen-bond donors (Lipinski definition) is 0. The maximum atomic E-state index is 13.0. The third kappa shape index (κ3) is 3.70. The first-order valence-corrected chi connectivity index (χ1v) is 9.84. The first-order valence-electron chi connectivity index (χ1n) is 7.52. The average molecular weight is 380 g/mol. The lowest BCUT2D eigenvalue weighted by Crippen LogP contribution is -2.22. The fraction of sp³-hybridized carbons (Fsp3) is 0.235. The van der Waals surface area contributed by atoms with Gasteiger partial charge in [-0.2, -0.15) is 0 Å². The van der Waals surface area contributed by atoms with Gasteiger partial charge in [0.25, 0.3) is 5.22 Å². The van der Waals surface area contributed by atoms with Crippen molar-refractivity contribution in [1.82, 2.24) is 9.29 Å². The lowest BCUT2D eigenvalue weighted by molar-refractivity contribution is 0.488. The highest BCUT2D eigenvalue weighted by Crippen LogP contribution is 2.36. The number of aromatic nitrogens is 1. The Bertz CT molecular complexity index is 998. The molecule has 0 aliphatic rings. The molecule has 8 heteroatoms. The van der Waals surface area contributed by atoms with Gasteiger partial charge in [0.05, 0.1) is 4.90 Å². The molecule has 5 nitrogen and oxygen atoms in total. The predicted molar refractivity (Wildman–Crippen MR) is 95.6 cm³/mol. The van der Waals surface area contributed by atoms with Crippen molar-refractivity contribution in [1.29, 1.82) is 0 Å². The highest BCUT2D eigenvalue weighted by molar-refractivity contribution is 7.99. The number of halogens is 1. The summed E-state index contributed by atoms with van der Waals surface area (Å²) in [4.78, 5) is 4.54. The van der Waals surface area contributed by atoms with Gasteiger partial charge in [0.15, 0.2) is 5.58 Å². The molecule has 0 aliphatic heterocycles. The molecule has 1 aromatic heterocycles. The van der Waals surface area contributed by atoms with Crippen LogP contribution in [-0.4, -0.2) is 31.8 Å². The minimum atomic E-state index is -3.52. The first kappa shape index (κ1) is 17.9. The summed E-state index contributed by atoms with van der Waals surface area (Å²) in [5.74, 6) is -0.280. The molecule has 2 aromatic carbocycles. The number of nitrogens with zero attached hydrogens (tertiary/aromatic N) is 2. The first-order chi connectivity index (χ1) is 11.8. The molecule has 0 saturated heterocycles. The van der Waals surface area contributed by atoms with Gasteiger partial charge in [-0.05, 0) is 42.8 Å². The van der Waals surface area contributed by atoms with Crippen LogP contribution in [-0.2, 0) is 10.0 Å². The molecule has 3 aromatic rings. The van der Waals surface area contributed by atoms with Crippen LogP contribution in [0.4, 0.5) is 4.39 Å². The molecular formula is C17H17FN2O3S2. The number of rotatable bonds is 5. The Labute approximate surface area is 149 Å². The summed E-state index contributed by atoms with van der Waals surface area (Å²) >= 11 is 1.39. The number of fused-ring (bicyclic) bond motifs is 1. The van der Waals surface area contributed by atoms with Gasteiger partial charge in [-0.25, -0.2) is 22.1 Å². The van der Waals surface area contributed by atoms with Gasteiger partial charge in [-0.3, -0.25) is 0 Å². The lowest BCUT2D eigenvalue weighted by atomic mass is 10.2. The van der Waals surface area contributed by atoms with Gasteiger partial charge < -0.3 is 4.42 Å². The largest absolute Gasteiger partial charge is 0.431 e. The summed E-state index contributed by atoms with van der Waals surface area (Å²) in [5.41, 5.74) is 1.95. The second-order valence-electron chi connectivity index (χ2n) is 5.71. The minimum absolute atomic E-state index is 0.0126. The zero-order chi connectivity index (χ0) is 18.2. The Kier molecular flexibility index (Phi) is 4.86. The number of oxazole rings is 1. The van der Waals surface area contributed by atoms with E-state index in [0.717, 1.165) is 9.87 Å². The van der Waals surface area contributed by atoms with Crippen LogP contribution in [0.15, 0.2) is 57.0 Å². The molecule has 0 spiro atoms. The van der Waals surface area contributed by atoms with Gasteiger partial charge in [0.2, 0.25) is 10.0 Å². The second-order valence-corrected chi connectivity index (χ2v) is 9.15. The van der Waals surface area contributed by atoms with Crippen LogP contribution in [0.3, 0.4) is 0 Å². The van der Waals surface area contributed by atoms with Crippen molar-refractivity contribution in [2.24, 2.45) is 0 Å². The maximum Gasteiger partial charge on any atom is 0.257 e. The molecule has 0 amide bonds. The van der Waals surface area contributed by atoms with Crippen molar-refractivity contribution in [3.8, 4) is 0 Å². The SMILES string of the molecule is CC(Sc1nc2cc(S(=O)(=O)N(C)C)ccc2o1)c1ccc(F)cc1. The van der Waals surface area contributed by atoms with E-state index in [1.165, 1.54) is 50.1 Å². The molecule has 0 aliphatic carbocycles. The Morgan fingerprint density at radius 2 is 1.84 bits per heavy atom. The molecule has 0 saturated carbocycles. The molecule has 0 N–H and O–H groups in total. The minimum Gasteiger partial charge on any atom is -0.431 e. The summed E-state index contributed by atoms with van der Waals surface area (Å²) in [5, 5.41) is 0.449. The van der Waals surface area contributed by atoms with Crippen LogP contribution < -0.4 is 0 Å². The Morgan fingerprint density at radius 1 is 1.16 bits per heavy atom. The van der Waals surface area contributed by atoms with Crippen molar-refractivity contribution < 1.29 is 17.2 Å².